The molecule has 6 heteroatoms. The maximum absolute atomic E-state index is 12.0. The molecule has 1 heterocycles. The number of aromatic hydroxyl groups is 1. The fourth-order valence-electron chi connectivity index (χ4n) is 3.03. The first kappa shape index (κ1) is 19.1. The van der Waals surface area contributed by atoms with E-state index in [2.05, 4.69) is 51.5 Å². The van der Waals surface area contributed by atoms with Crippen LogP contribution in [0.1, 0.15) is 16.7 Å². The van der Waals surface area contributed by atoms with Gasteiger partial charge in [0.2, 0.25) is 0 Å². The molecule has 0 bridgehead atoms. The summed E-state index contributed by atoms with van der Waals surface area (Å²) in [5, 5.41) is 13.2. The van der Waals surface area contributed by atoms with E-state index in [1.807, 2.05) is 0 Å². The summed E-state index contributed by atoms with van der Waals surface area (Å²) < 4.78 is 0. The molecule has 27 heavy (non-hydrogen) atoms. The molecule has 1 fully saturated rings. The van der Waals surface area contributed by atoms with E-state index in [1.54, 1.807) is 30.5 Å². The van der Waals surface area contributed by atoms with Gasteiger partial charge in [-0.15, -0.1) is 0 Å². The summed E-state index contributed by atoms with van der Waals surface area (Å²) in [6, 6.07) is 15.3. The smallest absolute Gasteiger partial charge is 0.254 e. The van der Waals surface area contributed by atoms with Gasteiger partial charge >= 0.3 is 0 Å². The van der Waals surface area contributed by atoms with Gasteiger partial charge in [0.15, 0.2) is 0 Å². The van der Waals surface area contributed by atoms with Crippen molar-refractivity contribution in [1.82, 2.24) is 15.2 Å². The lowest BCUT2D eigenvalue weighted by molar-refractivity contribution is -0.122. The van der Waals surface area contributed by atoms with Crippen LogP contribution in [0.3, 0.4) is 0 Å². The highest BCUT2D eigenvalue weighted by atomic mass is 16.3. The third-order valence-electron chi connectivity index (χ3n) is 4.65. The van der Waals surface area contributed by atoms with Gasteiger partial charge < -0.3 is 5.11 Å². The molecule has 2 aromatic carbocycles. The van der Waals surface area contributed by atoms with E-state index < -0.39 is 0 Å². The lowest BCUT2D eigenvalue weighted by Crippen LogP contribution is -2.48. The van der Waals surface area contributed by atoms with Crippen molar-refractivity contribution in [2.24, 2.45) is 5.10 Å². The first-order valence-corrected chi connectivity index (χ1v) is 9.20. The Morgan fingerprint density at radius 2 is 1.67 bits per heavy atom. The first-order chi connectivity index (χ1) is 13.1. The van der Waals surface area contributed by atoms with Crippen LogP contribution >= 0.6 is 0 Å². The number of amides is 1. The van der Waals surface area contributed by atoms with Crippen molar-refractivity contribution in [2.75, 3.05) is 32.7 Å². The number of benzene rings is 2. The largest absolute Gasteiger partial charge is 0.508 e. The molecular formula is C21H26N4O2. The molecule has 6 nitrogen and oxygen atoms in total. The molecule has 0 aliphatic carbocycles. The van der Waals surface area contributed by atoms with Crippen molar-refractivity contribution in [3.05, 3.63) is 65.2 Å². The number of carbonyl (C=O) groups excluding carboxylic acids is 1. The number of hydrazone groups is 1. The number of phenols is 1. The van der Waals surface area contributed by atoms with Gasteiger partial charge in [-0.2, -0.15) is 5.10 Å². The molecule has 0 unspecified atom stereocenters. The molecule has 142 valence electrons. The van der Waals surface area contributed by atoms with E-state index in [-0.39, 0.29) is 11.7 Å². The Labute approximate surface area is 160 Å². The Morgan fingerprint density at radius 3 is 2.33 bits per heavy atom. The van der Waals surface area contributed by atoms with Crippen LogP contribution in [0.4, 0.5) is 0 Å². The zero-order chi connectivity index (χ0) is 19.1. The topological polar surface area (TPSA) is 68.2 Å². The molecule has 1 aliphatic rings. The predicted octanol–water partition coefficient (Wildman–Crippen LogP) is 1.97. The Bertz CT molecular complexity index is 764. The highest BCUT2D eigenvalue weighted by Crippen LogP contribution is 2.10. The van der Waals surface area contributed by atoms with Crippen LogP contribution in [0.5, 0.6) is 5.75 Å². The SMILES string of the molecule is Cc1ccc(CN2CCN(CC(=O)N/N=C/c3ccc(O)cc3)CC2)cc1. The second-order valence-corrected chi connectivity index (χ2v) is 6.92. The highest BCUT2D eigenvalue weighted by molar-refractivity contribution is 5.83. The van der Waals surface area contributed by atoms with Crippen molar-refractivity contribution < 1.29 is 9.90 Å². The summed E-state index contributed by atoms with van der Waals surface area (Å²) in [7, 11) is 0. The van der Waals surface area contributed by atoms with Gasteiger partial charge in [-0.05, 0) is 42.3 Å². The molecule has 2 N–H and O–H groups in total. The van der Waals surface area contributed by atoms with Crippen LogP contribution in [-0.2, 0) is 11.3 Å². The van der Waals surface area contributed by atoms with E-state index in [9.17, 15) is 9.90 Å². The number of aryl methyl sites for hydroxylation is 1. The maximum Gasteiger partial charge on any atom is 0.254 e. The number of hydrogen-bond acceptors (Lipinski definition) is 5. The summed E-state index contributed by atoms with van der Waals surface area (Å²) in [5.74, 6) is 0.0923. The molecule has 1 saturated heterocycles. The summed E-state index contributed by atoms with van der Waals surface area (Å²) in [4.78, 5) is 16.6. The van der Waals surface area contributed by atoms with Crippen LogP contribution < -0.4 is 5.43 Å². The van der Waals surface area contributed by atoms with Gasteiger partial charge in [0.05, 0.1) is 12.8 Å². The summed E-state index contributed by atoms with van der Waals surface area (Å²) in [6.07, 6.45) is 1.57. The molecule has 0 atom stereocenters. The summed E-state index contributed by atoms with van der Waals surface area (Å²) in [5.41, 5.74) is 5.99. The monoisotopic (exact) mass is 366 g/mol. The van der Waals surface area contributed by atoms with Gasteiger partial charge in [0.1, 0.15) is 5.75 Å². The zero-order valence-electron chi connectivity index (χ0n) is 15.6. The number of phenolic OH excluding ortho intramolecular Hbond substituents is 1. The van der Waals surface area contributed by atoms with Gasteiger partial charge in [-0.1, -0.05) is 29.8 Å². The Morgan fingerprint density at radius 1 is 1.04 bits per heavy atom. The number of nitrogens with zero attached hydrogens (tertiary/aromatic N) is 3. The first-order valence-electron chi connectivity index (χ1n) is 9.20. The zero-order valence-corrected chi connectivity index (χ0v) is 15.6. The van der Waals surface area contributed by atoms with Crippen molar-refractivity contribution in [2.45, 2.75) is 13.5 Å². The summed E-state index contributed by atoms with van der Waals surface area (Å²) in [6.45, 7) is 7.07. The predicted molar refractivity (Wildman–Crippen MR) is 107 cm³/mol. The van der Waals surface area contributed by atoms with E-state index >= 15 is 0 Å². The van der Waals surface area contributed by atoms with E-state index in [4.69, 9.17) is 0 Å². The quantitative estimate of drug-likeness (QED) is 0.606. The fraction of sp³-hybridized carbons (Fsp3) is 0.333. The third-order valence-corrected chi connectivity index (χ3v) is 4.65. The Balaban J connectivity index is 1.37. The molecule has 0 radical (unpaired) electrons. The average Bonchev–Trinajstić information content (AvgIpc) is 2.67. The Kier molecular flexibility index (Phi) is 6.57. The molecule has 0 saturated carbocycles. The minimum atomic E-state index is -0.114. The lowest BCUT2D eigenvalue weighted by atomic mass is 10.1. The maximum atomic E-state index is 12.0. The molecular weight excluding hydrogens is 340 g/mol. The lowest BCUT2D eigenvalue weighted by Gasteiger charge is -2.34. The number of piperazine rings is 1. The number of nitrogens with one attached hydrogen (secondary N) is 1. The van der Waals surface area contributed by atoms with Crippen LogP contribution in [0.15, 0.2) is 53.6 Å². The van der Waals surface area contributed by atoms with Gasteiger partial charge in [0.25, 0.3) is 5.91 Å². The number of rotatable bonds is 6. The molecule has 2 aromatic rings. The van der Waals surface area contributed by atoms with E-state index in [1.165, 1.54) is 11.1 Å². The molecule has 0 aromatic heterocycles. The second kappa shape index (κ2) is 9.30. The highest BCUT2D eigenvalue weighted by Gasteiger charge is 2.18. The fourth-order valence-corrected chi connectivity index (χ4v) is 3.03. The van der Waals surface area contributed by atoms with Crippen molar-refractivity contribution in [3.63, 3.8) is 0 Å². The third kappa shape index (κ3) is 6.20. The normalized spacial score (nSPS) is 15.9. The molecule has 1 amide bonds. The van der Waals surface area contributed by atoms with E-state index in [0.717, 1.165) is 38.3 Å². The van der Waals surface area contributed by atoms with Crippen LogP contribution in [0.25, 0.3) is 0 Å². The van der Waals surface area contributed by atoms with Gasteiger partial charge in [-0.25, -0.2) is 5.43 Å². The van der Waals surface area contributed by atoms with Crippen LogP contribution in [0, 0.1) is 6.92 Å². The van der Waals surface area contributed by atoms with Crippen LogP contribution in [-0.4, -0.2) is 59.8 Å². The average molecular weight is 366 g/mol. The van der Waals surface area contributed by atoms with Crippen LogP contribution in [0.2, 0.25) is 0 Å². The van der Waals surface area contributed by atoms with Gasteiger partial charge in [-0.3, -0.25) is 14.6 Å². The standard InChI is InChI=1S/C21H26N4O2/c1-17-2-4-19(5-3-17)15-24-10-12-25(13-11-24)16-21(27)23-22-14-18-6-8-20(26)9-7-18/h2-9,14,26H,10-13,15-16H2,1H3,(H,23,27)/b22-14+. The summed E-state index contributed by atoms with van der Waals surface area (Å²) >= 11 is 0. The molecule has 3 rings (SSSR count). The Hall–Kier alpha value is -2.70. The van der Waals surface area contributed by atoms with Crippen molar-refractivity contribution in [1.29, 1.82) is 0 Å². The van der Waals surface area contributed by atoms with Crippen molar-refractivity contribution in [3.8, 4) is 5.75 Å². The van der Waals surface area contributed by atoms with E-state index in [0.29, 0.717) is 6.54 Å². The minimum absolute atomic E-state index is 0.114. The molecule has 1 aliphatic heterocycles. The molecule has 0 spiro atoms. The van der Waals surface area contributed by atoms with Gasteiger partial charge in [0, 0.05) is 32.7 Å². The number of carbonyl (C=O) groups is 1. The minimum Gasteiger partial charge on any atom is -0.508 e. The van der Waals surface area contributed by atoms with Crippen molar-refractivity contribution >= 4 is 12.1 Å². The number of hydrogen-bond donors (Lipinski definition) is 2. The second-order valence-electron chi connectivity index (χ2n) is 6.92.